The van der Waals surface area contributed by atoms with Gasteiger partial charge in [-0.15, -0.1) is 5.10 Å². The van der Waals surface area contributed by atoms with E-state index in [0.29, 0.717) is 6.54 Å². The van der Waals surface area contributed by atoms with Crippen molar-refractivity contribution in [2.75, 3.05) is 6.54 Å². The zero-order chi connectivity index (χ0) is 17.3. The Hall–Kier alpha value is -3.44. The number of aryl methyl sites for hydroxylation is 1. The lowest BCUT2D eigenvalue weighted by molar-refractivity contribution is 0.0943. The molecule has 0 aliphatic heterocycles. The quantitative estimate of drug-likeness (QED) is 0.553. The molecule has 0 aromatic carbocycles. The summed E-state index contributed by atoms with van der Waals surface area (Å²) in [6, 6.07) is 0. The fourth-order valence-electron chi connectivity index (χ4n) is 2.09. The zero-order valence-electron chi connectivity index (χ0n) is 12.9. The molecule has 0 aliphatic rings. The first-order chi connectivity index (χ1) is 11.5. The molecule has 0 fully saturated rings. The number of H-pyrrole nitrogens is 1. The Morgan fingerprint density at radius 1 is 1.38 bits per heavy atom. The van der Waals surface area contributed by atoms with Gasteiger partial charge in [0.25, 0.3) is 5.91 Å². The Morgan fingerprint density at radius 3 is 2.79 bits per heavy atom. The van der Waals surface area contributed by atoms with Crippen LogP contribution >= 0.6 is 0 Å². The Labute approximate surface area is 133 Å². The van der Waals surface area contributed by atoms with Gasteiger partial charge in [-0.2, -0.15) is 0 Å². The molecule has 3 rings (SSSR count). The molecule has 126 valence electrons. The minimum absolute atomic E-state index is 0.127. The summed E-state index contributed by atoms with van der Waals surface area (Å²) in [6.07, 6.45) is 2.90. The van der Waals surface area contributed by atoms with Crippen LogP contribution in [0.2, 0.25) is 0 Å². The number of hydrogen-bond acceptors (Lipinski definition) is 7. The number of hydrogen-bond donors (Lipinski definition) is 2. The number of carbonyl (C=O) groups excluding carboxylic acids is 1. The normalized spacial score (nSPS) is 10.9. The molecule has 2 N–H and O–H groups in total. The lowest BCUT2D eigenvalue weighted by atomic mass is 10.4. The molecule has 1 amide bonds. The minimum Gasteiger partial charge on any atom is -0.349 e. The molecular weight excluding hydrogens is 320 g/mol. The third-order valence-corrected chi connectivity index (χ3v) is 3.31. The van der Waals surface area contributed by atoms with E-state index in [-0.39, 0.29) is 35.5 Å². The van der Waals surface area contributed by atoms with Crippen LogP contribution < -0.4 is 16.8 Å². The number of aromatic amines is 1. The van der Waals surface area contributed by atoms with Crippen molar-refractivity contribution in [2.45, 2.75) is 6.54 Å². The Balaban J connectivity index is 1.59. The second-order valence-electron chi connectivity index (χ2n) is 5.00. The maximum atomic E-state index is 12.1. The predicted octanol–water partition coefficient (Wildman–Crippen LogP) is -1.91. The summed E-state index contributed by atoms with van der Waals surface area (Å²) < 4.78 is 8.45. The number of amides is 1. The molecule has 3 aromatic heterocycles. The highest BCUT2D eigenvalue weighted by atomic mass is 16.5. The molecule has 0 spiro atoms. The maximum Gasteiger partial charge on any atom is 0.439 e. The molecule has 3 aromatic rings. The fourth-order valence-corrected chi connectivity index (χ4v) is 2.09. The van der Waals surface area contributed by atoms with Gasteiger partial charge in [0.05, 0.1) is 6.54 Å². The molecule has 24 heavy (non-hydrogen) atoms. The SMILES string of the molecule is Cn1cc(C(=O)NCCn2cnc(-c3noc(=O)[nH]3)n2)n(C)c1=O. The van der Waals surface area contributed by atoms with E-state index in [9.17, 15) is 14.4 Å². The number of aromatic nitrogens is 7. The smallest absolute Gasteiger partial charge is 0.349 e. The van der Waals surface area contributed by atoms with Crippen molar-refractivity contribution in [2.24, 2.45) is 14.1 Å². The molecular formula is C12H14N8O4. The van der Waals surface area contributed by atoms with Crippen molar-refractivity contribution in [3.8, 4) is 11.6 Å². The average Bonchev–Trinajstić information content (AvgIpc) is 3.24. The molecule has 0 saturated heterocycles. The third kappa shape index (κ3) is 2.88. The highest BCUT2D eigenvalue weighted by molar-refractivity contribution is 5.92. The first-order valence-corrected chi connectivity index (χ1v) is 6.92. The molecule has 12 heteroatoms. The second kappa shape index (κ2) is 5.98. The summed E-state index contributed by atoms with van der Waals surface area (Å²) in [7, 11) is 3.10. The van der Waals surface area contributed by atoms with E-state index in [0.717, 1.165) is 0 Å². The summed E-state index contributed by atoms with van der Waals surface area (Å²) in [5.41, 5.74) is -0.00961. The molecule has 12 nitrogen and oxygen atoms in total. The van der Waals surface area contributed by atoms with Crippen LogP contribution in [0.5, 0.6) is 0 Å². The number of imidazole rings is 1. The van der Waals surface area contributed by atoms with E-state index < -0.39 is 5.76 Å². The molecule has 0 bridgehead atoms. The molecule has 0 aliphatic carbocycles. The zero-order valence-corrected chi connectivity index (χ0v) is 12.9. The van der Waals surface area contributed by atoms with Crippen LogP contribution in [0, 0.1) is 0 Å². The van der Waals surface area contributed by atoms with Gasteiger partial charge in [-0.1, -0.05) is 5.16 Å². The first-order valence-electron chi connectivity index (χ1n) is 6.92. The van der Waals surface area contributed by atoms with Gasteiger partial charge in [-0.05, 0) is 0 Å². The van der Waals surface area contributed by atoms with Gasteiger partial charge < -0.3 is 9.88 Å². The van der Waals surface area contributed by atoms with E-state index in [2.05, 4.69) is 30.1 Å². The van der Waals surface area contributed by atoms with E-state index in [1.54, 1.807) is 7.05 Å². The Bertz CT molecular complexity index is 987. The lowest BCUT2D eigenvalue weighted by Gasteiger charge is -2.04. The van der Waals surface area contributed by atoms with Crippen LogP contribution in [-0.2, 0) is 20.6 Å². The van der Waals surface area contributed by atoms with Crippen molar-refractivity contribution in [1.29, 1.82) is 0 Å². The van der Waals surface area contributed by atoms with Crippen molar-refractivity contribution < 1.29 is 9.32 Å². The average molecular weight is 334 g/mol. The van der Waals surface area contributed by atoms with E-state index in [1.807, 2.05) is 0 Å². The van der Waals surface area contributed by atoms with Crippen LogP contribution in [0.15, 0.2) is 26.6 Å². The molecule has 0 atom stereocenters. The topological polar surface area (TPSA) is 146 Å². The summed E-state index contributed by atoms with van der Waals surface area (Å²) in [5, 5.41) is 10.3. The highest BCUT2D eigenvalue weighted by Gasteiger charge is 2.14. The number of nitrogens with one attached hydrogen (secondary N) is 2. The van der Waals surface area contributed by atoms with Crippen molar-refractivity contribution in [3.63, 3.8) is 0 Å². The predicted molar refractivity (Wildman–Crippen MR) is 79.1 cm³/mol. The molecule has 0 radical (unpaired) electrons. The van der Waals surface area contributed by atoms with Crippen molar-refractivity contribution in [1.82, 2.24) is 39.4 Å². The minimum atomic E-state index is -0.693. The monoisotopic (exact) mass is 334 g/mol. The Kier molecular flexibility index (Phi) is 3.85. The van der Waals surface area contributed by atoms with E-state index in [4.69, 9.17) is 0 Å². The molecule has 0 saturated carbocycles. The van der Waals surface area contributed by atoms with Gasteiger partial charge in [0, 0.05) is 26.8 Å². The Morgan fingerprint density at radius 2 is 2.17 bits per heavy atom. The second-order valence-corrected chi connectivity index (χ2v) is 5.00. The summed E-state index contributed by atoms with van der Waals surface area (Å²) in [6.45, 7) is 0.627. The summed E-state index contributed by atoms with van der Waals surface area (Å²) in [4.78, 5) is 40.9. The van der Waals surface area contributed by atoms with Gasteiger partial charge >= 0.3 is 11.4 Å². The number of nitrogens with zero attached hydrogens (tertiary/aromatic N) is 6. The maximum absolute atomic E-state index is 12.1. The van der Waals surface area contributed by atoms with Crippen molar-refractivity contribution >= 4 is 5.91 Å². The number of carbonyl (C=O) groups is 1. The van der Waals surface area contributed by atoms with Gasteiger partial charge in [0.15, 0.2) is 0 Å². The highest BCUT2D eigenvalue weighted by Crippen LogP contribution is 2.04. The number of rotatable bonds is 5. The third-order valence-electron chi connectivity index (χ3n) is 3.31. The van der Waals surface area contributed by atoms with Crippen LogP contribution in [-0.4, -0.2) is 46.5 Å². The van der Waals surface area contributed by atoms with Gasteiger partial charge in [0.1, 0.15) is 12.0 Å². The van der Waals surface area contributed by atoms with E-state index in [1.165, 1.54) is 33.4 Å². The standard InChI is InChI=1S/C12H14N8O4/c1-18-5-7(19(2)12(18)23)10(21)13-3-4-20-6-14-8(16-20)9-15-11(22)24-17-9/h5-6H,3-4H2,1-2H3,(H,13,21)(H,15,17,22). The fraction of sp³-hybridized carbons (Fsp3) is 0.333. The van der Waals surface area contributed by atoms with E-state index >= 15 is 0 Å². The largest absolute Gasteiger partial charge is 0.439 e. The van der Waals surface area contributed by atoms with Crippen LogP contribution in [0.4, 0.5) is 0 Å². The molecule has 3 heterocycles. The van der Waals surface area contributed by atoms with Crippen LogP contribution in [0.25, 0.3) is 11.6 Å². The van der Waals surface area contributed by atoms with Gasteiger partial charge in [-0.3, -0.25) is 23.6 Å². The van der Waals surface area contributed by atoms with Gasteiger partial charge in [-0.25, -0.2) is 14.6 Å². The summed E-state index contributed by atoms with van der Waals surface area (Å²) >= 11 is 0. The van der Waals surface area contributed by atoms with Crippen LogP contribution in [0.1, 0.15) is 10.5 Å². The summed E-state index contributed by atoms with van der Waals surface area (Å²) in [5.74, 6) is -0.724. The van der Waals surface area contributed by atoms with Gasteiger partial charge in [0.2, 0.25) is 11.6 Å². The first kappa shape index (κ1) is 15.5. The van der Waals surface area contributed by atoms with Crippen LogP contribution in [0.3, 0.4) is 0 Å². The lowest BCUT2D eigenvalue weighted by Crippen LogP contribution is -2.30. The van der Waals surface area contributed by atoms with Crippen molar-refractivity contribution in [3.05, 3.63) is 39.3 Å². The molecule has 0 unspecified atom stereocenters.